The normalized spacial score (nSPS) is 10.9. The topological polar surface area (TPSA) is 117 Å². The van der Waals surface area contributed by atoms with Gasteiger partial charge in [0.2, 0.25) is 0 Å². The summed E-state index contributed by atoms with van der Waals surface area (Å²) in [5.41, 5.74) is 11.6. The summed E-state index contributed by atoms with van der Waals surface area (Å²) in [5, 5.41) is 8.54. The minimum absolute atomic E-state index is 0.0931. The molecule has 192 valence electrons. The molecule has 0 fully saturated rings. The summed E-state index contributed by atoms with van der Waals surface area (Å²) < 4.78 is 5.16. The smallest absolute Gasteiger partial charge is 0.187 e. The lowest BCUT2D eigenvalue weighted by molar-refractivity contribution is 0.104. The molecule has 5 rings (SSSR count). The van der Waals surface area contributed by atoms with Gasteiger partial charge < -0.3 is 5.73 Å². The van der Waals surface area contributed by atoms with Crippen molar-refractivity contribution >= 4 is 43.7 Å². The van der Waals surface area contributed by atoms with E-state index in [2.05, 4.69) is 57.0 Å². The van der Waals surface area contributed by atoms with Crippen molar-refractivity contribution in [1.29, 1.82) is 0 Å². The van der Waals surface area contributed by atoms with Crippen LogP contribution in [0.5, 0.6) is 0 Å². The predicted octanol–water partition coefficient (Wildman–Crippen LogP) is 5.24. The fourth-order valence-electron chi connectivity index (χ4n) is 3.44. The fraction of sp³-hybridized carbons (Fsp3) is 0.111. The van der Waals surface area contributed by atoms with E-state index < -0.39 is 0 Å². The predicted molar refractivity (Wildman–Crippen MR) is 154 cm³/mol. The SMILES string of the molecule is Cn1ccc(-c2cc(-c3cncc(Br)c3)cc(CN)n2)n1.Cn1ccc(/C=C/C(=O)c2cncc(Br)c2)n1. The van der Waals surface area contributed by atoms with Crippen molar-refractivity contribution in [2.24, 2.45) is 19.8 Å². The summed E-state index contributed by atoms with van der Waals surface area (Å²) in [6, 6.07) is 11.5. The number of carbonyl (C=O) groups excluding carboxylic acids is 1. The monoisotopic (exact) mass is 634 g/mol. The Hall–Kier alpha value is -3.80. The number of rotatable bonds is 6. The van der Waals surface area contributed by atoms with Gasteiger partial charge in [-0.25, -0.2) is 4.98 Å². The molecule has 0 atom stereocenters. The summed E-state index contributed by atoms with van der Waals surface area (Å²) in [6.07, 6.45) is 13.7. The van der Waals surface area contributed by atoms with Gasteiger partial charge in [-0.3, -0.25) is 24.1 Å². The quantitative estimate of drug-likeness (QED) is 0.200. The van der Waals surface area contributed by atoms with Gasteiger partial charge in [0.05, 0.1) is 17.1 Å². The first-order valence-corrected chi connectivity index (χ1v) is 13.0. The van der Waals surface area contributed by atoms with Crippen LogP contribution in [0.4, 0.5) is 0 Å². The standard InChI is InChI=1S/C15H14BrN5.C12H10BrN3O/c1-21-3-2-14(20-21)15-6-10(5-13(7-17)19-15)11-4-12(16)9-18-8-11;1-16-5-4-11(15-16)2-3-12(17)9-6-10(13)8-14-7-9/h2-6,8-9H,7,17H2,1H3;2-8H,1H3/b;3-2+. The maximum atomic E-state index is 11.8. The number of hydrogen-bond acceptors (Lipinski definition) is 7. The number of aryl methyl sites for hydroxylation is 2. The summed E-state index contributed by atoms with van der Waals surface area (Å²) in [7, 11) is 3.72. The average Bonchev–Trinajstić information content (AvgIpc) is 3.55. The van der Waals surface area contributed by atoms with Gasteiger partial charge in [0.15, 0.2) is 5.78 Å². The molecule has 0 bridgehead atoms. The van der Waals surface area contributed by atoms with Crippen molar-refractivity contribution in [1.82, 2.24) is 34.5 Å². The molecule has 0 aliphatic heterocycles. The first-order valence-electron chi connectivity index (χ1n) is 11.5. The molecule has 5 aromatic rings. The Morgan fingerprint density at radius 3 is 2.21 bits per heavy atom. The van der Waals surface area contributed by atoms with Gasteiger partial charge in [0.1, 0.15) is 5.69 Å². The molecule has 0 aliphatic carbocycles. The van der Waals surface area contributed by atoms with Gasteiger partial charge in [-0.15, -0.1) is 0 Å². The highest BCUT2D eigenvalue weighted by atomic mass is 79.9. The number of pyridine rings is 3. The van der Waals surface area contributed by atoms with Gasteiger partial charge in [-0.1, -0.05) is 0 Å². The first-order chi connectivity index (χ1) is 18.3. The third-order valence-electron chi connectivity index (χ3n) is 5.23. The molecule has 2 N–H and O–H groups in total. The van der Waals surface area contributed by atoms with Crippen molar-refractivity contribution in [3.63, 3.8) is 0 Å². The van der Waals surface area contributed by atoms with Crippen LogP contribution >= 0.6 is 31.9 Å². The van der Waals surface area contributed by atoms with E-state index in [4.69, 9.17) is 5.73 Å². The van der Waals surface area contributed by atoms with Crippen molar-refractivity contribution in [3.8, 4) is 22.5 Å². The Kier molecular flexibility index (Phi) is 9.06. The van der Waals surface area contributed by atoms with E-state index in [1.807, 2.05) is 63.0 Å². The van der Waals surface area contributed by atoms with Gasteiger partial charge in [0, 0.05) is 77.9 Å². The molecular formula is C27H24Br2N8O. The highest BCUT2D eigenvalue weighted by Crippen LogP contribution is 2.26. The lowest BCUT2D eigenvalue weighted by Gasteiger charge is -2.07. The molecule has 5 heterocycles. The molecule has 5 aromatic heterocycles. The number of allylic oxidation sites excluding steroid dienone is 1. The Morgan fingerprint density at radius 1 is 0.868 bits per heavy atom. The molecule has 0 spiro atoms. The molecule has 38 heavy (non-hydrogen) atoms. The van der Waals surface area contributed by atoms with E-state index in [0.717, 1.165) is 42.8 Å². The van der Waals surface area contributed by atoms with Crippen LogP contribution in [0.3, 0.4) is 0 Å². The molecule has 11 heteroatoms. The average molecular weight is 636 g/mol. The number of hydrogen-bond donors (Lipinski definition) is 1. The third-order valence-corrected chi connectivity index (χ3v) is 6.10. The molecule has 0 aliphatic rings. The van der Waals surface area contributed by atoms with E-state index >= 15 is 0 Å². The van der Waals surface area contributed by atoms with Gasteiger partial charge in [0.25, 0.3) is 0 Å². The maximum Gasteiger partial charge on any atom is 0.187 e. The Balaban J connectivity index is 0.000000181. The van der Waals surface area contributed by atoms with E-state index in [-0.39, 0.29) is 5.78 Å². The summed E-state index contributed by atoms with van der Waals surface area (Å²) in [5.74, 6) is -0.0931. The van der Waals surface area contributed by atoms with Crippen molar-refractivity contribution in [2.45, 2.75) is 6.54 Å². The third kappa shape index (κ3) is 7.37. The number of halogens is 2. The number of nitrogens with zero attached hydrogens (tertiary/aromatic N) is 7. The van der Waals surface area contributed by atoms with Crippen molar-refractivity contribution in [3.05, 3.63) is 106 Å². The zero-order valence-corrected chi connectivity index (χ0v) is 23.8. The molecule has 0 aromatic carbocycles. The lowest BCUT2D eigenvalue weighted by atomic mass is 10.1. The number of ketones is 1. The van der Waals surface area contributed by atoms with Crippen LogP contribution in [0, 0.1) is 0 Å². The summed E-state index contributed by atoms with van der Waals surface area (Å²) in [6.45, 7) is 0.384. The zero-order chi connectivity index (χ0) is 27.1. The van der Waals surface area contributed by atoms with Gasteiger partial charge >= 0.3 is 0 Å². The molecule has 0 unspecified atom stereocenters. The second kappa shape index (κ2) is 12.6. The van der Waals surface area contributed by atoms with Crippen molar-refractivity contribution in [2.75, 3.05) is 0 Å². The zero-order valence-electron chi connectivity index (χ0n) is 20.7. The second-order valence-electron chi connectivity index (χ2n) is 8.21. The molecule has 0 radical (unpaired) electrons. The Morgan fingerprint density at radius 2 is 1.58 bits per heavy atom. The summed E-state index contributed by atoms with van der Waals surface area (Å²) in [4.78, 5) is 24.5. The minimum Gasteiger partial charge on any atom is -0.325 e. The van der Waals surface area contributed by atoms with Crippen LogP contribution in [0.1, 0.15) is 21.7 Å². The lowest BCUT2D eigenvalue weighted by Crippen LogP contribution is -2.01. The molecule has 9 nitrogen and oxygen atoms in total. The Bertz CT molecular complexity index is 1590. The molecule has 0 amide bonds. The van der Waals surface area contributed by atoms with E-state index in [1.165, 1.54) is 12.3 Å². The Labute approximate surface area is 236 Å². The van der Waals surface area contributed by atoms with E-state index in [9.17, 15) is 4.79 Å². The van der Waals surface area contributed by atoms with Crippen LogP contribution in [0.2, 0.25) is 0 Å². The van der Waals surface area contributed by atoms with Crippen LogP contribution in [0.25, 0.3) is 28.6 Å². The highest BCUT2D eigenvalue weighted by Gasteiger charge is 2.09. The van der Waals surface area contributed by atoms with E-state index in [0.29, 0.717) is 12.1 Å². The maximum absolute atomic E-state index is 11.8. The van der Waals surface area contributed by atoms with Crippen LogP contribution in [-0.2, 0) is 20.6 Å². The summed E-state index contributed by atoms with van der Waals surface area (Å²) >= 11 is 6.72. The highest BCUT2D eigenvalue weighted by molar-refractivity contribution is 9.10. The van der Waals surface area contributed by atoms with E-state index in [1.54, 1.807) is 33.9 Å². The number of carbonyl (C=O) groups is 1. The second-order valence-corrected chi connectivity index (χ2v) is 10.0. The van der Waals surface area contributed by atoms with Gasteiger partial charge in [-0.05, 0) is 86.0 Å². The van der Waals surface area contributed by atoms with Crippen molar-refractivity contribution < 1.29 is 4.79 Å². The number of nitrogens with two attached hydrogens (primary N) is 1. The molecular weight excluding hydrogens is 612 g/mol. The van der Waals surface area contributed by atoms with Crippen LogP contribution in [0.15, 0.2) is 88.6 Å². The largest absolute Gasteiger partial charge is 0.325 e. The van der Waals surface area contributed by atoms with Crippen LogP contribution < -0.4 is 5.73 Å². The molecule has 0 saturated carbocycles. The number of aromatic nitrogens is 7. The van der Waals surface area contributed by atoms with Gasteiger partial charge in [-0.2, -0.15) is 10.2 Å². The van der Waals surface area contributed by atoms with Crippen LogP contribution in [-0.4, -0.2) is 40.3 Å². The minimum atomic E-state index is -0.0931. The molecule has 0 saturated heterocycles. The first kappa shape index (κ1) is 27.2. The fourth-order valence-corrected chi connectivity index (χ4v) is 4.17.